The van der Waals surface area contributed by atoms with Crippen molar-refractivity contribution in [1.29, 1.82) is 0 Å². The van der Waals surface area contributed by atoms with Gasteiger partial charge in [0.2, 0.25) is 0 Å². The zero-order chi connectivity index (χ0) is 18.3. The van der Waals surface area contributed by atoms with Gasteiger partial charge in [0.1, 0.15) is 0 Å². The molecule has 2 heterocycles. The van der Waals surface area contributed by atoms with Gasteiger partial charge in [0, 0.05) is 62.1 Å². The molecular formula is C20H16N2O4. The quantitative estimate of drug-likeness (QED) is 0.639. The molecule has 1 aromatic rings. The van der Waals surface area contributed by atoms with E-state index in [1.54, 1.807) is 0 Å². The Hall–Kier alpha value is -3.02. The van der Waals surface area contributed by atoms with Crippen LogP contribution in [0.1, 0.15) is 22.3 Å². The first kappa shape index (κ1) is 15.3. The number of rotatable bonds is 0. The maximum atomic E-state index is 12.3. The number of fused-ring (bicyclic) bond motifs is 2. The number of carbonyl (C=O) groups excluding carboxylic acids is 4. The molecule has 0 spiro atoms. The molecule has 0 saturated carbocycles. The maximum Gasteiger partial charge on any atom is 0.257 e. The van der Waals surface area contributed by atoms with Crippen LogP contribution in [0.25, 0.3) is 0 Å². The predicted molar refractivity (Wildman–Crippen MR) is 90.9 cm³/mol. The highest BCUT2D eigenvalue weighted by Crippen LogP contribution is 2.38. The lowest BCUT2D eigenvalue weighted by molar-refractivity contribution is -0.137. The largest absolute Gasteiger partial charge is 0.278 e. The van der Waals surface area contributed by atoms with Gasteiger partial charge in [-0.25, -0.2) is 0 Å². The van der Waals surface area contributed by atoms with E-state index in [1.165, 1.54) is 23.9 Å². The van der Waals surface area contributed by atoms with Crippen molar-refractivity contribution in [3.8, 4) is 0 Å². The monoisotopic (exact) mass is 348 g/mol. The van der Waals surface area contributed by atoms with Crippen LogP contribution in [-0.2, 0) is 44.9 Å². The summed E-state index contributed by atoms with van der Waals surface area (Å²) in [6.45, 7) is 0. The van der Waals surface area contributed by atoms with Crippen LogP contribution in [0, 0.1) is 0 Å². The fourth-order valence-corrected chi connectivity index (χ4v) is 4.45. The summed E-state index contributed by atoms with van der Waals surface area (Å²) < 4.78 is 0. The Balaban J connectivity index is 1.55. The normalized spacial score (nSPS) is 21.5. The second-order valence-electron chi connectivity index (χ2n) is 7.35. The minimum Gasteiger partial charge on any atom is -0.278 e. The number of carbonyl (C=O) groups is 4. The van der Waals surface area contributed by atoms with Gasteiger partial charge < -0.3 is 0 Å². The highest BCUT2D eigenvalue weighted by molar-refractivity contribution is 6.20. The fourth-order valence-electron chi connectivity index (χ4n) is 4.45. The number of amides is 4. The lowest BCUT2D eigenvalue weighted by atomic mass is 9.80. The summed E-state index contributed by atoms with van der Waals surface area (Å²) in [6.07, 6.45) is 1.80. The van der Waals surface area contributed by atoms with Crippen LogP contribution in [0.5, 0.6) is 0 Å². The topological polar surface area (TPSA) is 74.8 Å². The number of imide groups is 2. The lowest BCUT2D eigenvalue weighted by Crippen LogP contribution is -2.27. The number of likely N-dealkylation sites (N-methyl/N-ethyl adjacent to an activating group) is 2. The Morgan fingerprint density at radius 3 is 1.00 bits per heavy atom. The Labute approximate surface area is 149 Å². The molecule has 0 N–H and O–H groups in total. The van der Waals surface area contributed by atoms with Crippen molar-refractivity contribution in [3.05, 3.63) is 56.7 Å². The van der Waals surface area contributed by atoms with E-state index in [1.807, 2.05) is 12.1 Å². The predicted octanol–water partition coefficient (Wildman–Crippen LogP) is 0.474. The SMILES string of the molecule is CN1C(=O)C2=C(Cc3cc4c(cc3C2)CC2=C(C4)C(=O)N(C)C2=O)C1=O. The van der Waals surface area contributed by atoms with E-state index in [9.17, 15) is 19.2 Å². The van der Waals surface area contributed by atoms with E-state index in [-0.39, 0.29) is 23.6 Å². The van der Waals surface area contributed by atoms with Crippen molar-refractivity contribution in [2.75, 3.05) is 14.1 Å². The van der Waals surface area contributed by atoms with Gasteiger partial charge in [0.15, 0.2) is 0 Å². The van der Waals surface area contributed by atoms with Crippen LogP contribution in [0.2, 0.25) is 0 Å². The number of nitrogens with zero attached hydrogens (tertiary/aromatic N) is 2. The summed E-state index contributed by atoms with van der Waals surface area (Å²) in [6, 6.07) is 4.09. The molecule has 26 heavy (non-hydrogen) atoms. The molecule has 4 amide bonds. The minimum absolute atomic E-state index is 0.212. The zero-order valence-electron chi connectivity index (χ0n) is 14.5. The molecule has 4 aliphatic rings. The molecule has 6 heteroatoms. The number of hydrogen-bond donors (Lipinski definition) is 0. The van der Waals surface area contributed by atoms with E-state index in [0.717, 1.165) is 22.3 Å². The Bertz CT molecular complexity index is 886. The molecule has 0 fully saturated rings. The molecule has 0 atom stereocenters. The molecule has 6 nitrogen and oxygen atoms in total. The maximum absolute atomic E-state index is 12.3. The number of hydrogen-bond acceptors (Lipinski definition) is 4. The lowest BCUT2D eigenvalue weighted by Gasteiger charge is -2.22. The van der Waals surface area contributed by atoms with E-state index in [4.69, 9.17) is 0 Å². The fraction of sp³-hybridized carbons (Fsp3) is 0.300. The first-order valence-corrected chi connectivity index (χ1v) is 8.59. The summed E-state index contributed by atoms with van der Waals surface area (Å²) in [5, 5.41) is 0. The van der Waals surface area contributed by atoms with Gasteiger partial charge in [-0.3, -0.25) is 29.0 Å². The average molecular weight is 348 g/mol. The van der Waals surface area contributed by atoms with Gasteiger partial charge in [0.05, 0.1) is 0 Å². The standard InChI is InChI=1S/C20H16N2O4/c1-21-17(23)13-5-9-3-11-7-15-16(20(26)22(2)19(15)25)8-12(11)4-10(9)6-14(13)18(21)24/h3-4H,5-8H2,1-2H3. The van der Waals surface area contributed by atoms with Crippen molar-refractivity contribution < 1.29 is 19.2 Å². The summed E-state index contributed by atoms with van der Waals surface area (Å²) in [5.74, 6) is -0.846. The summed E-state index contributed by atoms with van der Waals surface area (Å²) in [4.78, 5) is 51.4. The van der Waals surface area contributed by atoms with Gasteiger partial charge in [-0.2, -0.15) is 0 Å². The van der Waals surface area contributed by atoms with Crippen LogP contribution < -0.4 is 0 Å². The highest BCUT2D eigenvalue weighted by atomic mass is 16.2. The first-order valence-electron chi connectivity index (χ1n) is 8.59. The number of benzene rings is 1. The Morgan fingerprint density at radius 2 is 0.769 bits per heavy atom. The Kier molecular flexibility index (Phi) is 2.81. The molecule has 0 bridgehead atoms. The van der Waals surface area contributed by atoms with E-state index in [0.29, 0.717) is 48.0 Å². The molecule has 2 aliphatic heterocycles. The molecule has 0 unspecified atom stereocenters. The van der Waals surface area contributed by atoms with Crippen molar-refractivity contribution in [1.82, 2.24) is 9.80 Å². The van der Waals surface area contributed by atoms with Crippen LogP contribution in [0.4, 0.5) is 0 Å². The van der Waals surface area contributed by atoms with Gasteiger partial charge in [0.25, 0.3) is 23.6 Å². The van der Waals surface area contributed by atoms with Crippen molar-refractivity contribution in [2.24, 2.45) is 0 Å². The Morgan fingerprint density at radius 1 is 0.538 bits per heavy atom. The first-order chi connectivity index (χ1) is 12.4. The zero-order valence-corrected chi connectivity index (χ0v) is 14.5. The van der Waals surface area contributed by atoms with Crippen LogP contribution in [0.3, 0.4) is 0 Å². The van der Waals surface area contributed by atoms with Crippen molar-refractivity contribution in [2.45, 2.75) is 25.7 Å². The molecule has 5 rings (SSSR count). The second-order valence-corrected chi connectivity index (χ2v) is 7.35. The van der Waals surface area contributed by atoms with E-state index >= 15 is 0 Å². The second kappa shape index (κ2) is 4.78. The molecule has 0 radical (unpaired) electrons. The third-order valence-electron chi connectivity index (χ3n) is 5.97. The van der Waals surface area contributed by atoms with Gasteiger partial charge >= 0.3 is 0 Å². The van der Waals surface area contributed by atoms with Crippen molar-refractivity contribution >= 4 is 23.6 Å². The third kappa shape index (κ3) is 1.76. The summed E-state index contributed by atoms with van der Waals surface area (Å²) in [7, 11) is 3.03. The van der Waals surface area contributed by atoms with Crippen LogP contribution >= 0.6 is 0 Å². The smallest absolute Gasteiger partial charge is 0.257 e. The van der Waals surface area contributed by atoms with E-state index < -0.39 is 0 Å². The summed E-state index contributed by atoms with van der Waals surface area (Å²) in [5.41, 5.74) is 6.50. The molecular weight excluding hydrogens is 332 g/mol. The third-order valence-corrected chi connectivity index (χ3v) is 5.97. The van der Waals surface area contributed by atoms with Gasteiger partial charge in [-0.15, -0.1) is 0 Å². The van der Waals surface area contributed by atoms with Gasteiger partial charge in [-0.1, -0.05) is 12.1 Å². The minimum atomic E-state index is -0.212. The molecule has 1 aromatic carbocycles. The molecule has 2 aliphatic carbocycles. The van der Waals surface area contributed by atoms with Gasteiger partial charge in [-0.05, 0) is 22.3 Å². The van der Waals surface area contributed by atoms with E-state index in [2.05, 4.69) is 0 Å². The van der Waals surface area contributed by atoms with Crippen LogP contribution in [-0.4, -0.2) is 47.5 Å². The molecule has 0 aromatic heterocycles. The molecule has 130 valence electrons. The van der Waals surface area contributed by atoms with Crippen molar-refractivity contribution in [3.63, 3.8) is 0 Å². The summed E-state index contributed by atoms with van der Waals surface area (Å²) >= 11 is 0. The highest BCUT2D eigenvalue weighted by Gasteiger charge is 2.40. The van der Waals surface area contributed by atoms with Crippen LogP contribution in [0.15, 0.2) is 34.4 Å². The molecule has 0 saturated heterocycles. The average Bonchev–Trinajstić information content (AvgIpc) is 2.97.